The number of hydrogen-bond donors (Lipinski definition) is 0. The SMILES string of the molecule is C/C=C\C=C/c1cccc2c(-c3ccc(P(c4ccccc4)c4ccccc4)cc3)c3ccc4ccccc4c3nc12. The first-order valence-corrected chi connectivity index (χ1v) is 15.7. The third kappa shape index (κ3) is 4.83. The van der Waals surface area contributed by atoms with E-state index in [0.29, 0.717) is 0 Å². The molecule has 7 aromatic rings. The van der Waals surface area contributed by atoms with Crippen LogP contribution in [0, 0.1) is 0 Å². The van der Waals surface area contributed by atoms with Crippen molar-refractivity contribution in [2.24, 2.45) is 0 Å². The average molecular weight is 556 g/mol. The Morgan fingerprint density at radius 3 is 1.83 bits per heavy atom. The van der Waals surface area contributed by atoms with Gasteiger partial charge in [0.2, 0.25) is 0 Å². The Bertz CT molecular complexity index is 2040. The minimum absolute atomic E-state index is 0.662. The normalized spacial score (nSPS) is 12.0. The van der Waals surface area contributed by atoms with Crippen molar-refractivity contribution in [1.29, 1.82) is 0 Å². The van der Waals surface area contributed by atoms with E-state index >= 15 is 0 Å². The molecule has 2 heteroatoms. The van der Waals surface area contributed by atoms with Crippen LogP contribution in [0.15, 0.2) is 158 Å². The Morgan fingerprint density at radius 2 is 1.12 bits per heavy atom. The molecule has 0 radical (unpaired) electrons. The standard InChI is InChI=1S/C40H30NP/c1-2-3-6-15-31-16-13-22-36-38(37-28-25-29-14-11-12-21-35(29)40(37)41-39(31)36)30-23-26-34(27-24-30)42(32-17-7-4-8-18-32)33-19-9-5-10-20-33/h2-28H,1H3/b3-2-,15-6-. The first-order valence-electron chi connectivity index (χ1n) is 14.4. The lowest BCUT2D eigenvalue weighted by atomic mass is 9.93. The molecule has 0 unspecified atom stereocenters. The van der Waals surface area contributed by atoms with E-state index in [-0.39, 0.29) is 0 Å². The molecular weight excluding hydrogens is 525 g/mol. The number of nitrogens with zero attached hydrogens (tertiary/aromatic N) is 1. The van der Waals surface area contributed by atoms with Crippen molar-refractivity contribution in [3.05, 3.63) is 163 Å². The lowest BCUT2D eigenvalue weighted by molar-refractivity contribution is 1.50. The monoisotopic (exact) mass is 555 g/mol. The number of benzene rings is 6. The summed E-state index contributed by atoms with van der Waals surface area (Å²) >= 11 is 0. The number of para-hydroxylation sites is 1. The zero-order valence-electron chi connectivity index (χ0n) is 23.5. The molecule has 1 aromatic heterocycles. The molecule has 1 heterocycles. The zero-order chi connectivity index (χ0) is 28.3. The Balaban J connectivity index is 1.46. The van der Waals surface area contributed by atoms with Gasteiger partial charge in [0.1, 0.15) is 0 Å². The first-order chi connectivity index (χ1) is 20.8. The molecule has 0 aliphatic heterocycles. The molecule has 42 heavy (non-hydrogen) atoms. The largest absolute Gasteiger partial charge is 0.246 e. The molecule has 0 saturated carbocycles. The maximum atomic E-state index is 5.32. The molecular formula is C40H30NP. The summed E-state index contributed by atoms with van der Waals surface area (Å²) in [6.45, 7) is 2.04. The average Bonchev–Trinajstić information content (AvgIpc) is 3.05. The van der Waals surface area contributed by atoms with Gasteiger partial charge >= 0.3 is 0 Å². The minimum Gasteiger partial charge on any atom is -0.246 e. The van der Waals surface area contributed by atoms with Crippen LogP contribution >= 0.6 is 7.92 Å². The molecule has 0 aliphatic carbocycles. The first kappa shape index (κ1) is 26.1. The van der Waals surface area contributed by atoms with E-state index < -0.39 is 7.92 Å². The highest BCUT2D eigenvalue weighted by molar-refractivity contribution is 7.79. The summed E-state index contributed by atoms with van der Waals surface area (Å²) in [5.41, 5.74) is 5.63. The molecule has 0 amide bonds. The van der Waals surface area contributed by atoms with Gasteiger partial charge < -0.3 is 0 Å². The summed E-state index contributed by atoms with van der Waals surface area (Å²) in [6.07, 6.45) is 8.36. The number of allylic oxidation sites excluding steroid dienone is 3. The second kappa shape index (κ2) is 11.6. The molecule has 200 valence electrons. The number of rotatable bonds is 6. The van der Waals surface area contributed by atoms with Crippen LogP contribution in [-0.2, 0) is 0 Å². The van der Waals surface area contributed by atoms with E-state index in [9.17, 15) is 0 Å². The number of fused-ring (bicyclic) bond motifs is 4. The minimum atomic E-state index is -0.662. The number of aromatic nitrogens is 1. The Hall–Kier alpha value is -4.84. The van der Waals surface area contributed by atoms with Gasteiger partial charge in [0.05, 0.1) is 11.0 Å². The second-order valence-electron chi connectivity index (χ2n) is 10.4. The lowest BCUT2D eigenvalue weighted by Crippen LogP contribution is -2.20. The fourth-order valence-corrected chi connectivity index (χ4v) is 8.10. The highest BCUT2D eigenvalue weighted by atomic mass is 31.1. The predicted octanol–water partition coefficient (Wildman–Crippen LogP) is 9.56. The number of pyridine rings is 1. The van der Waals surface area contributed by atoms with E-state index in [1.54, 1.807) is 0 Å². The molecule has 0 fully saturated rings. The summed E-state index contributed by atoms with van der Waals surface area (Å²) in [4.78, 5) is 5.32. The van der Waals surface area contributed by atoms with Crippen molar-refractivity contribution in [2.45, 2.75) is 6.92 Å². The maximum Gasteiger partial charge on any atom is 0.0794 e. The molecule has 0 N–H and O–H groups in total. The van der Waals surface area contributed by atoms with E-state index in [2.05, 4.69) is 158 Å². The van der Waals surface area contributed by atoms with Crippen LogP contribution in [0.25, 0.3) is 49.8 Å². The zero-order valence-corrected chi connectivity index (χ0v) is 24.4. The predicted molar refractivity (Wildman–Crippen MR) is 185 cm³/mol. The molecule has 7 rings (SSSR count). The van der Waals surface area contributed by atoms with Crippen LogP contribution in [0.1, 0.15) is 12.5 Å². The fraction of sp³-hybridized carbons (Fsp3) is 0.0250. The summed E-state index contributed by atoms with van der Waals surface area (Å²) in [5, 5.41) is 8.79. The Kier molecular flexibility index (Phi) is 7.18. The van der Waals surface area contributed by atoms with Crippen LogP contribution in [-0.4, -0.2) is 4.98 Å². The van der Waals surface area contributed by atoms with Crippen molar-refractivity contribution in [2.75, 3.05) is 0 Å². The van der Waals surface area contributed by atoms with Crippen molar-refractivity contribution < 1.29 is 0 Å². The van der Waals surface area contributed by atoms with Crippen LogP contribution in [0.4, 0.5) is 0 Å². The van der Waals surface area contributed by atoms with Gasteiger partial charge in [0.15, 0.2) is 0 Å². The van der Waals surface area contributed by atoms with Gasteiger partial charge in [-0.1, -0.05) is 164 Å². The van der Waals surface area contributed by atoms with Crippen LogP contribution in [0.3, 0.4) is 0 Å². The highest BCUT2D eigenvalue weighted by Gasteiger charge is 2.18. The van der Waals surface area contributed by atoms with Gasteiger partial charge in [0.25, 0.3) is 0 Å². The van der Waals surface area contributed by atoms with E-state index in [0.717, 1.165) is 16.6 Å². The third-order valence-electron chi connectivity index (χ3n) is 7.75. The summed E-state index contributed by atoms with van der Waals surface area (Å²) in [6, 6.07) is 50.6. The molecule has 0 atom stereocenters. The van der Waals surface area contributed by atoms with Gasteiger partial charge in [-0.05, 0) is 41.7 Å². The van der Waals surface area contributed by atoms with Crippen molar-refractivity contribution in [1.82, 2.24) is 4.98 Å². The molecule has 1 nitrogen and oxygen atoms in total. The third-order valence-corrected chi connectivity index (χ3v) is 10.2. The van der Waals surface area contributed by atoms with Crippen LogP contribution < -0.4 is 15.9 Å². The number of hydrogen-bond acceptors (Lipinski definition) is 1. The lowest BCUT2D eigenvalue weighted by Gasteiger charge is -2.20. The van der Waals surface area contributed by atoms with Gasteiger partial charge in [-0.2, -0.15) is 0 Å². The Labute approximate surface area is 248 Å². The van der Waals surface area contributed by atoms with E-state index in [1.807, 2.05) is 13.0 Å². The summed E-state index contributed by atoms with van der Waals surface area (Å²) < 4.78 is 0. The Morgan fingerprint density at radius 1 is 0.500 bits per heavy atom. The van der Waals surface area contributed by atoms with Crippen LogP contribution in [0.2, 0.25) is 0 Å². The van der Waals surface area contributed by atoms with Crippen molar-refractivity contribution in [3.63, 3.8) is 0 Å². The van der Waals surface area contributed by atoms with E-state index in [4.69, 9.17) is 4.98 Å². The summed E-state index contributed by atoms with van der Waals surface area (Å²) in [7, 11) is -0.662. The molecule has 0 saturated heterocycles. The van der Waals surface area contributed by atoms with Gasteiger partial charge in [-0.25, -0.2) is 4.98 Å². The van der Waals surface area contributed by atoms with Gasteiger partial charge in [-0.3, -0.25) is 0 Å². The van der Waals surface area contributed by atoms with Gasteiger partial charge in [-0.15, -0.1) is 0 Å². The van der Waals surface area contributed by atoms with Crippen LogP contribution in [0.5, 0.6) is 0 Å². The molecule has 0 aliphatic rings. The van der Waals surface area contributed by atoms with Crippen molar-refractivity contribution >= 4 is 62.5 Å². The van der Waals surface area contributed by atoms with Gasteiger partial charge in [0, 0.05) is 27.3 Å². The quantitative estimate of drug-likeness (QED) is 0.0862. The fourth-order valence-electron chi connectivity index (χ4n) is 5.82. The summed E-state index contributed by atoms with van der Waals surface area (Å²) in [5.74, 6) is 0. The second-order valence-corrected chi connectivity index (χ2v) is 12.6. The van der Waals surface area contributed by atoms with Crippen molar-refractivity contribution in [3.8, 4) is 11.1 Å². The highest BCUT2D eigenvalue weighted by Crippen LogP contribution is 2.40. The maximum absolute atomic E-state index is 5.32. The smallest absolute Gasteiger partial charge is 0.0794 e. The molecule has 6 aromatic carbocycles. The topological polar surface area (TPSA) is 12.9 Å². The van der Waals surface area contributed by atoms with E-state index in [1.165, 1.54) is 48.6 Å². The molecule has 0 spiro atoms. The molecule has 0 bridgehead atoms.